The number of carbonyl (C=O) groups is 1. The number of thiazole rings is 1. The van der Waals surface area contributed by atoms with Gasteiger partial charge in [-0.15, -0.1) is 0 Å². The van der Waals surface area contributed by atoms with E-state index in [-0.39, 0.29) is 12.2 Å². The third-order valence-corrected chi connectivity index (χ3v) is 10.2. The molecule has 0 amide bonds. The van der Waals surface area contributed by atoms with Gasteiger partial charge in [0.15, 0.2) is 4.80 Å². The number of hydrogen-bond acceptors (Lipinski definition) is 5. The molecule has 0 spiro atoms. The number of fused-ring (bicyclic) bond motifs is 2. The first-order chi connectivity index (χ1) is 22.0. The molecule has 0 saturated carbocycles. The first kappa shape index (κ1) is 32.0. The Morgan fingerprint density at radius 1 is 1.07 bits per heavy atom. The van der Waals surface area contributed by atoms with Crippen LogP contribution in [0, 0.1) is 13.8 Å². The quantitative estimate of drug-likeness (QED) is 0.166. The highest BCUT2D eigenvalue weighted by Crippen LogP contribution is 2.33. The van der Waals surface area contributed by atoms with Gasteiger partial charge in [0, 0.05) is 33.2 Å². The monoisotopic (exact) mass is 671 g/mol. The molecule has 236 valence electrons. The van der Waals surface area contributed by atoms with Crippen LogP contribution in [-0.4, -0.2) is 21.7 Å². The number of carbonyl (C=O) groups excluding carboxylic acids is 1. The van der Waals surface area contributed by atoms with Gasteiger partial charge in [0.05, 0.1) is 34.0 Å². The molecule has 1 aliphatic rings. The van der Waals surface area contributed by atoms with E-state index in [1.54, 1.807) is 24.5 Å². The summed E-state index contributed by atoms with van der Waals surface area (Å²) in [6.07, 6.45) is 1.96. The maximum Gasteiger partial charge on any atom is 0.338 e. The Bertz CT molecular complexity index is 2220. The molecular formula is C37H35Cl2N3O3S. The van der Waals surface area contributed by atoms with Crippen molar-refractivity contribution in [3.63, 3.8) is 0 Å². The number of aryl methyl sites for hydroxylation is 1. The van der Waals surface area contributed by atoms with Gasteiger partial charge in [-0.3, -0.25) is 9.36 Å². The van der Waals surface area contributed by atoms with E-state index in [9.17, 15) is 9.59 Å². The van der Waals surface area contributed by atoms with Gasteiger partial charge in [0.25, 0.3) is 5.56 Å². The number of hydrogen-bond donors (Lipinski definition) is 0. The number of nitrogens with zero attached hydrogens (tertiary/aromatic N) is 3. The number of rotatable bonds is 7. The van der Waals surface area contributed by atoms with Crippen molar-refractivity contribution < 1.29 is 9.53 Å². The molecule has 5 aromatic rings. The number of para-hydroxylation sites is 1. The topological polar surface area (TPSA) is 65.6 Å². The highest BCUT2D eigenvalue weighted by molar-refractivity contribution is 7.07. The summed E-state index contributed by atoms with van der Waals surface area (Å²) in [5.74, 6) is -0.117. The third kappa shape index (κ3) is 5.65. The second-order valence-corrected chi connectivity index (χ2v) is 13.8. The third-order valence-electron chi connectivity index (χ3n) is 8.65. The van der Waals surface area contributed by atoms with E-state index in [2.05, 4.69) is 56.5 Å². The molecule has 6 nitrogen and oxygen atoms in total. The van der Waals surface area contributed by atoms with Crippen LogP contribution in [0.5, 0.6) is 0 Å². The van der Waals surface area contributed by atoms with Crippen molar-refractivity contribution in [1.29, 1.82) is 0 Å². The lowest BCUT2D eigenvalue weighted by molar-refractivity contribution is -0.139. The lowest BCUT2D eigenvalue weighted by Gasteiger charge is -2.25. The molecule has 3 aromatic carbocycles. The Morgan fingerprint density at radius 3 is 2.48 bits per heavy atom. The summed E-state index contributed by atoms with van der Waals surface area (Å²) in [6, 6.07) is 19.2. The Hall–Kier alpha value is -3.91. The second kappa shape index (κ2) is 12.7. The molecule has 0 bridgehead atoms. The van der Waals surface area contributed by atoms with Crippen molar-refractivity contribution in [3.8, 4) is 0 Å². The van der Waals surface area contributed by atoms with Crippen LogP contribution in [0.1, 0.15) is 73.2 Å². The van der Waals surface area contributed by atoms with E-state index in [0.717, 1.165) is 38.9 Å². The number of aromatic nitrogens is 2. The highest BCUT2D eigenvalue weighted by atomic mass is 35.5. The molecule has 1 atom stereocenters. The van der Waals surface area contributed by atoms with E-state index >= 15 is 0 Å². The van der Waals surface area contributed by atoms with Crippen LogP contribution in [0.4, 0.5) is 0 Å². The van der Waals surface area contributed by atoms with Crippen LogP contribution in [-0.2, 0) is 16.1 Å². The van der Waals surface area contributed by atoms with Crippen molar-refractivity contribution in [1.82, 2.24) is 9.13 Å². The smallest absolute Gasteiger partial charge is 0.338 e. The van der Waals surface area contributed by atoms with Gasteiger partial charge in [0.1, 0.15) is 0 Å². The summed E-state index contributed by atoms with van der Waals surface area (Å²) in [5, 5.41) is 2.23. The fourth-order valence-electron chi connectivity index (χ4n) is 6.24. The fourth-order valence-corrected chi connectivity index (χ4v) is 7.74. The second-order valence-electron chi connectivity index (χ2n) is 11.9. The van der Waals surface area contributed by atoms with Gasteiger partial charge in [-0.25, -0.2) is 9.79 Å². The summed E-state index contributed by atoms with van der Waals surface area (Å²) in [4.78, 5) is 33.0. The number of allylic oxidation sites excluding steroid dienone is 1. The molecule has 0 saturated heterocycles. The van der Waals surface area contributed by atoms with Crippen LogP contribution in [0.3, 0.4) is 0 Å². The fraction of sp³-hybridized carbons (Fsp3) is 0.270. The van der Waals surface area contributed by atoms with Crippen LogP contribution < -0.4 is 14.9 Å². The van der Waals surface area contributed by atoms with Gasteiger partial charge in [-0.2, -0.15) is 0 Å². The zero-order chi connectivity index (χ0) is 32.9. The molecule has 0 aliphatic carbocycles. The Kier molecular flexibility index (Phi) is 8.85. The molecule has 46 heavy (non-hydrogen) atoms. The van der Waals surface area contributed by atoms with Crippen LogP contribution in [0.15, 0.2) is 81.7 Å². The Morgan fingerprint density at radius 2 is 1.80 bits per heavy atom. The number of esters is 1. The molecule has 0 unspecified atom stereocenters. The van der Waals surface area contributed by atoms with E-state index in [1.165, 1.54) is 16.9 Å². The summed E-state index contributed by atoms with van der Waals surface area (Å²) in [6.45, 7) is 12.8. The summed E-state index contributed by atoms with van der Waals surface area (Å²) in [5.41, 5.74) is 7.83. The van der Waals surface area contributed by atoms with Gasteiger partial charge in [-0.05, 0) is 74.1 Å². The van der Waals surface area contributed by atoms with Crippen LogP contribution in [0.2, 0.25) is 10.0 Å². The van der Waals surface area contributed by atoms with Crippen molar-refractivity contribution in [2.24, 2.45) is 4.99 Å². The van der Waals surface area contributed by atoms with E-state index in [4.69, 9.17) is 32.9 Å². The Labute approximate surface area is 281 Å². The van der Waals surface area contributed by atoms with Crippen molar-refractivity contribution >= 4 is 57.5 Å². The zero-order valence-corrected chi connectivity index (χ0v) is 29.0. The van der Waals surface area contributed by atoms with Gasteiger partial charge >= 0.3 is 5.97 Å². The van der Waals surface area contributed by atoms with Crippen molar-refractivity contribution in [2.75, 3.05) is 6.61 Å². The van der Waals surface area contributed by atoms with Crippen molar-refractivity contribution in [2.45, 2.75) is 60.0 Å². The van der Waals surface area contributed by atoms with E-state index in [1.807, 2.05) is 36.4 Å². The predicted molar refractivity (Wildman–Crippen MR) is 188 cm³/mol. The number of benzene rings is 3. The normalized spacial score (nSPS) is 15.1. The minimum absolute atomic E-state index is 0.204. The standard InChI is InChI=1S/C37H35Cl2N3O3S/c1-7-45-36(44)32-22(5)40-37-42(34(32)25-13-11-24(12-14-25)20(2)3)35(43)31(46-37)18-29-23(6)41(33-21(4)9-8-10-28(29)33)19-26-15-16-27(38)17-30(26)39/h8-18,20,34H,7,19H2,1-6H3/b31-18-/t34-/m1/s1. The lowest BCUT2D eigenvalue weighted by Crippen LogP contribution is -2.40. The molecule has 6 rings (SSSR count). The molecule has 0 fully saturated rings. The van der Waals surface area contributed by atoms with Crippen LogP contribution in [0.25, 0.3) is 17.0 Å². The molecule has 9 heteroatoms. The van der Waals surface area contributed by atoms with E-state index in [0.29, 0.717) is 43.1 Å². The highest BCUT2D eigenvalue weighted by Gasteiger charge is 2.33. The summed E-state index contributed by atoms with van der Waals surface area (Å²) in [7, 11) is 0. The number of ether oxygens (including phenoxy) is 1. The number of halogens is 2. The Balaban J connectivity index is 1.55. The van der Waals surface area contributed by atoms with Gasteiger partial charge in [0.2, 0.25) is 0 Å². The molecule has 3 heterocycles. The molecule has 0 radical (unpaired) electrons. The zero-order valence-electron chi connectivity index (χ0n) is 26.7. The van der Waals surface area contributed by atoms with Gasteiger partial charge < -0.3 is 9.30 Å². The SMILES string of the molecule is CCOC(=O)C1=C(C)N=c2s/c(=C\c3c(C)n(Cc4ccc(Cl)cc4Cl)c4c(C)cccc34)c(=O)n2[C@@H]1c1ccc(C(C)C)cc1. The average Bonchev–Trinajstić information content (AvgIpc) is 3.46. The first-order valence-electron chi connectivity index (χ1n) is 15.3. The minimum atomic E-state index is -0.657. The maximum absolute atomic E-state index is 14.4. The van der Waals surface area contributed by atoms with Crippen molar-refractivity contribution in [3.05, 3.63) is 135 Å². The van der Waals surface area contributed by atoms with Gasteiger partial charge in [-0.1, -0.05) is 96.9 Å². The molecule has 0 N–H and O–H groups in total. The van der Waals surface area contributed by atoms with Crippen LogP contribution >= 0.6 is 34.5 Å². The largest absolute Gasteiger partial charge is 0.463 e. The minimum Gasteiger partial charge on any atom is -0.463 e. The maximum atomic E-state index is 14.4. The molecule has 2 aromatic heterocycles. The predicted octanol–water partition coefficient (Wildman–Crippen LogP) is 7.85. The van der Waals surface area contributed by atoms with E-state index < -0.39 is 12.0 Å². The first-order valence-corrected chi connectivity index (χ1v) is 16.9. The molecule has 1 aliphatic heterocycles. The average molecular weight is 673 g/mol. The lowest BCUT2D eigenvalue weighted by atomic mass is 9.93. The molecular weight excluding hydrogens is 637 g/mol. The summed E-state index contributed by atoms with van der Waals surface area (Å²) < 4.78 is 9.89. The summed E-state index contributed by atoms with van der Waals surface area (Å²) >= 11 is 14.1.